The molecule has 6 N–H and O–H groups in total. The average molecular weight is 673 g/mol. The number of amides is 2. The van der Waals surface area contributed by atoms with Gasteiger partial charge in [-0.3, -0.25) is 19.2 Å². The van der Waals surface area contributed by atoms with Crippen molar-refractivity contribution in [3.05, 3.63) is 82.9 Å². The summed E-state index contributed by atoms with van der Waals surface area (Å²) in [7, 11) is 0. The molecule has 258 valence electrons. The predicted molar refractivity (Wildman–Crippen MR) is 179 cm³/mol. The molecule has 13 nitrogen and oxygen atoms in total. The zero-order chi connectivity index (χ0) is 35.9. The van der Waals surface area contributed by atoms with Crippen LogP contribution in [0.3, 0.4) is 0 Å². The van der Waals surface area contributed by atoms with Crippen molar-refractivity contribution >= 4 is 41.1 Å². The largest absolute Gasteiger partial charge is 0.460 e. The van der Waals surface area contributed by atoms with Crippen LogP contribution in [0.25, 0.3) is 0 Å². The van der Waals surface area contributed by atoms with E-state index in [2.05, 4.69) is 10.6 Å². The molecule has 0 radical (unpaired) electrons. The highest BCUT2D eigenvalue weighted by atomic mass is 16.6. The van der Waals surface area contributed by atoms with Crippen LogP contribution in [0.1, 0.15) is 81.4 Å². The van der Waals surface area contributed by atoms with Gasteiger partial charge < -0.3 is 41.0 Å². The number of benzene rings is 3. The van der Waals surface area contributed by atoms with Gasteiger partial charge in [0.1, 0.15) is 22.7 Å². The highest BCUT2D eigenvalue weighted by Crippen LogP contribution is 2.56. The van der Waals surface area contributed by atoms with Crippen molar-refractivity contribution in [1.29, 1.82) is 0 Å². The van der Waals surface area contributed by atoms with Crippen molar-refractivity contribution < 1.29 is 42.9 Å². The third-order valence-electron chi connectivity index (χ3n) is 7.54. The van der Waals surface area contributed by atoms with E-state index in [9.17, 15) is 24.0 Å². The first-order valence-electron chi connectivity index (χ1n) is 15.7. The second-order valence-corrected chi connectivity index (χ2v) is 13.9. The van der Waals surface area contributed by atoms with Gasteiger partial charge in [-0.15, -0.1) is 0 Å². The van der Waals surface area contributed by atoms with E-state index < -0.39 is 58.6 Å². The molecule has 0 saturated heterocycles. The molecule has 2 aliphatic heterocycles. The molecule has 2 heterocycles. The first-order valence-corrected chi connectivity index (χ1v) is 15.7. The normalized spacial score (nSPS) is 15.4. The van der Waals surface area contributed by atoms with E-state index in [4.69, 9.17) is 30.4 Å². The van der Waals surface area contributed by atoms with Crippen LogP contribution in [-0.4, -0.2) is 53.0 Å². The summed E-state index contributed by atoms with van der Waals surface area (Å²) in [5, 5.41) is 5.40. The van der Waals surface area contributed by atoms with Crippen LogP contribution in [0.4, 0.5) is 11.4 Å². The SMILES string of the molecule is CC(C)(C)OC(=O)C[C@H](N)C(=O)Nc1ccc2c(c1)Oc1cc(NC(=O)[C@@H](N)CC(=O)OC(C)(C)C)ccc1C21OC(=O)c2ccccc21. The highest BCUT2D eigenvalue weighted by molar-refractivity contribution is 5.99. The molecule has 2 atom stereocenters. The van der Waals surface area contributed by atoms with E-state index >= 15 is 0 Å². The molecule has 0 unspecified atom stereocenters. The quantitative estimate of drug-likeness (QED) is 0.197. The van der Waals surface area contributed by atoms with Crippen molar-refractivity contribution in [2.45, 2.75) is 83.3 Å². The minimum absolute atomic E-state index is 0.251. The summed E-state index contributed by atoms with van der Waals surface area (Å²) in [4.78, 5) is 63.6. The van der Waals surface area contributed by atoms with Gasteiger partial charge in [-0.25, -0.2) is 4.79 Å². The summed E-state index contributed by atoms with van der Waals surface area (Å²) >= 11 is 0. The molecule has 0 aromatic heterocycles. The van der Waals surface area contributed by atoms with E-state index in [1.165, 1.54) is 0 Å². The molecule has 0 aliphatic carbocycles. The van der Waals surface area contributed by atoms with Gasteiger partial charge in [0.15, 0.2) is 5.60 Å². The fourth-order valence-corrected chi connectivity index (χ4v) is 5.61. The van der Waals surface area contributed by atoms with Crippen molar-refractivity contribution in [1.82, 2.24) is 0 Å². The molecular formula is C36H40N4O9. The number of esters is 3. The summed E-state index contributed by atoms with van der Waals surface area (Å²) in [6.07, 6.45) is -0.659. The predicted octanol–water partition coefficient (Wildman–Crippen LogP) is 4.25. The Hall–Kier alpha value is -5.27. The molecule has 3 aromatic rings. The van der Waals surface area contributed by atoms with Gasteiger partial charge in [-0.05, 0) is 71.9 Å². The van der Waals surface area contributed by atoms with Gasteiger partial charge in [0.2, 0.25) is 11.8 Å². The molecule has 0 bridgehead atoms. The van der Waals surface area contributed by atoms with Crippen LogP contribution in [0.2, 0.25) is 0 Å². The Morgan fingerprint density at radius 2 is 1.16 bits per heavy atom. The lowest BCUT2D eigenvalue weighted by atomic mass is 9.77. The molecule has 13 heteroatoms. The van der Waals surface area contributed by atoms with Gasteiger partial charge in [-0.1, -0.05) is 18.2 Å². The lowest BCUT2D eigenvalue weighted by molar-refractivity contribution is -0.156. The van der Waals surface area contributed by atoms with Crippen molar-refractivity contribution in [2.75, 3.05) is 10.6 Å². The maximum absolute atomic E-state index is 13.2. The maximum atomic E-state index is 13.2. The number of ether oxygens (including phenoxy) is 4. The van der Waals surface area contributed by atoms with E-state index in [1.807, 2.05) is 0 Å². The van der Waals surface area contributed by atoms with Crippen LogP contribution in [0.15, 0.2) is 60.7 Å². The minimum atomic E-state index is -1.41. The van der Waals surface area contributed by atoms with Crippen LogP contribution in [0.5, 0.6) is 11.5 Å². The molecule has 1 spiro atoms. The standard InChI is InChI=1S/C36H40N4O9/c1-34(2,3)47-29(41)17-25(37)31(43)39-19-11-13-23-27(15-19)46-28-16-20(40-32(44)26(38)18-30(42)48-35(4,5)6)12-14-24(28)36(23)22-10-8-7-9-21(22)33(45)49-36/h7-16,25-26H,17-18,37-38H2,1-6H3,(H,39,43)(H,40,44)/t25-,26-/m0/s1. The van der Waals surface area contributed by atoms with Gasteiger partial charge in [-0.2, -0.15) is 0 Å². The van der Waals surface area contributed by atoms with Gasteiger partial charge in [0, 0.05) is 40.2 Å². The van der Waals surface area contributed by atoms with Crippen LogP contribution in [0, 0.1) is 0 Å². The summed E-state index contributed by atoms with van der Waals surface area (Å²) in [6, 6.07) is 14.3. The second kappa shape index (κ2) is 13.0. The Balaban J connectivity index is 1.44. The summed E-state index contributed by atoms with van der Waals surface area (Å²) in [5.74, 6) is -2.51. The van der Waals surface area contributed by atoms with E-state index in [-0.39, 0.29) is 24.3 Å². The van der Waals surface area contributed by atoms with Crippen molar-refractivity contribution in [3.8, 4) is 11.5 Å². The first kappa shape index (κ1) is 35.0. The Morgan fingerprint density at radius 1 is 0.714 bits per heavy atom. The third kappa shape index (κ3) is 7.58. The molecular weight excluding hydrogens is 632 g/mol. The number of hydrogen-bond donors (Lipinski definition) is 4. The van der Waals surface area contributed by atoms with Crippen LogP contribution < -0.4 is 26.8 Å². The smallest absolute Gasteiger partial charge is 0.340 e. The van der Waals surface area contributed by atoms with E-state index in [0.29, 0.717) is 33.6 Å². The lowest BCUT2D eigenvalue weighted by Gasteiger charge is -2.37. The number of rotatable bonds is 8. The van der Waals surface area contributed by atoms with E-state index in [0.717, 1.165) is 0 Å². The van der Waals surface area contributed by atoms with Crippen molar-refractivity contribution in [2.24, 2.45) is 11.5 Å². The molecule has 2 amide bonds. The fourth-order valence-electron chi connectivity index (χ4n) is 5.61. The third-order valence-corrected chi connectivity index (χ3v) is 7.54. The molecule has 3 aromatic carbocycles. The summed E-state index contributed by atoms with van der Waals surface area (Å²) in [6.45, 7) is 10.3. The highest BCUT2D eigenvalue weighted by Gasteiger charge is 2.53. The Kier molecular flexibility index (Phi) is 9.28. The van der Waals surface area contributed by atoms with E-state index in [1.54, 1.807) is 102 Å². The first-order chi connectivity index (χ1) is 22.9. The van der Waals surface area contributed by atoms with Crippen LogP contribution in [-0.2, 0) is 39.0 Å². The number of hydrogen-bond acceptors (Lipinski definition) is 11. The molecule has 0 saturated carbocycles. The van der Waals surface area contributed by atoms with Gasteiger partial charge >= 0.3 is 17.9 Å². The number of fused-ring (bicyclic) bond motifs is 6. The number of nitrogens with two attached hydrogens (primary N) is 2. The zero-order valence-corrected chi connectivity index (χ0v) is 28.2. The van der Waals surface area contributed by atoms with Gasteiger partial charge in [0.05, 0.1) is 30.5 Å². The lowest BCUT2D eigenvalue weighted by Crippen LogP contribution is -2.39. The maximum Gasteiger partial charge on any atom is 0.340 e. The fraction of sp³-hybridized carbons (Fsp3) is 0.361. The monoisotopic (exact) mass is 672 g/mol. The topological polar surface area (TPSA) is 198 Å². The Morgan fingerprint density at radius 3 is 1.61 bits per heavy atom. The molecule has 2 aliphatic rings. The van der Waals surface area contributed by atoms with Gasteiger partial charge in [0.25, 0.3) is 0 Å². The Bertz CT molecular complexity index is 1740. The minimum Gasteiger partial charge on any atom is -0.460 e. The molecule has 5 rings (SSSR count). The summed E-state index contributed by atoms with van der Waals surface area (Å²) < 4.78 is 23.0. The Labute approximate surface area is 283 Å². The average Bonchev–Trinajstić information content (AvgIpc) is 3.27. The molecule has 49 heavy (non-hydrogen) atoms. The molecule has 0 fully saturated rings. The van der Waals surface area contributed by atoms with Crippen molar-refractivity contribution in [3.63, 3.8) is 0 Å². The number of carbonyl (C=O) groups is 5. The number of carbonyl (C=O) groups excluding carboxylic acids is 5. The second-order valence-electron chi connectivity index (χ2n) is 13.9. The number of nitrogens with one attached hydrogen (secondary N) is 2. The zero-order valence-electron chi connectivity index (χ0n) is 28.2. The number of anilines is 2. The summed E-state index contributed by atoms with van der Waals surface area (Å²) in [5.41, 5.74) is 11.7. The van der Waals surface area contributed by atoms with Crippen LogP contribution >= 0.6 is 0 Å².